The van der Waals surface area contributed by atoms with E-state index in [4.69, 9.17) is 0 Å². The third-order valence-corrected chi connectivity index (χ3v) is 1.57. The summed E-state index contributed by atoms with van der Waals surface area (Å²) in [6, 6.07) is 0.260. The molecule has 0 unspecified atom stereocenters. The minimum atomic E-state index is 0.260. The molecular formula is C5H11N3O. The molecule has 0 aromatic carbocycles. The Bertz CT molecular complexity index is 106. The van der Waals surface area contributed by atoms with Gasteiger partial charge in [-0.15, -0.1) is 4.91 Å². The van der Waals surface area contributed by atoms with Gasteiger partial charge in [0, 0.05) is 13.1 Å². The highest BCUT2D eigenvalue weighted by molar-refractivity contribution is 4.72. The maximum Gasteiger partial charge on any atom is 0.0599 e. The summed E-state index contributed by atoms with van der Waals surface area (Å²) in [5.74, 6) is 0. The number of piperazine rings is 1. The summed E-state index contributed by atoms with van der Waals surface area (Å²) in [7, 11) is 0. The van der Waals surface area contributed by atoms with Crippen molar-refractivity contribution in [1.29, 1.82) is 0 Å². The maximum atomic E-state index is 10.0. The molecule has 0 spiro atoms. The molecule has 4 nitrogen and oxygen atoms in total. The molecule has 0 amide bonds. The summed E-state index contributed by atoms with van der Waals surface area (Å²) < 4.78 is 0. The van der Waals surface area contributed by atoms with E-state index in [0.717, 1.165) is 19.6 Å². The Morgan fingerprint density at radius 1 is 1.78 bits per heavy atom. The molecular weight excluding hydrogens is 118 g/mol. The van der Waals surface area contributed by atoms with Gasteiger partial charge in [-0.3, -0.25) is 5.01 Å². The lowest BCUT2D eigenvalue weighted by Gasteiger charge is -2.28. The topological polar surface area (TPSA) is 44.7 Å². The zero-order valence-corrected chi connectivity index (χ0v) is 5.50. The Labute approximate surface area is 54.2 Å². The highest BCUT2D eigenvalue weighted by atomic mass is 16.3. The molecule has 9 heavy (non-hydrogen) atoms. The van der Waals surface area contributed by atoms with Crippen molar-refractivity contribution in [2.24, 2.45) is 5.29 Å². The summed E-state index contributed by atoms with van der Waals surface area (Å²) in [4.78, 5) is 10.0. The van der Waals surface area contributed by atoms with Crippen LogP contribution in [0.5, 0.6) is 0 Å². The second-order valence-electron chi connectivity index (χ2n) is 2.30. The lowest BCUT2D eigenvalue weighted by molar-refractivity contribution is 0.178. The fourth-order valence-electron chi connectivity index (χ4n) is 0.952. The first-order valence-electron chi connectivity index (χ1n) is 3.15. The molecule has 0 bridgehead atoms. The second kappa shape index (κ2) is 2.77. The Hall–Kier alpha value is -0.640. The molecule has 52 valence electrons. The normalized spacial score (nSPS) is 28.1. The standard InChI is InChI=1S/C5H11N3O/c1-5-4-6-2-3-8(5)7-9/h5-6H,2-4H2,1H3/t5-/m0/s1. The van der Waals surface area contributed by atoms with Gasteiger partial charge in [0.15, 0.2) is 0 Å². The monoisotopic (exact) mass is 129 g/mol. The molecule has 1 heterocycles. The first-order valence-corrected chi connectivity index (χ1v) is 3.15. The van der Waals surface area contributed by atoms with Gasteiger partial charge in [0.05, 0.1) is 17.9 Å². The van der Waals surface area contributed by atoms with E-state index in [0.29, 0.717) is 0 Å². The van der Waals surface area contributed by atoms with Crippen LogP contribution in [0.15, 0.2) is 5.29 Å². The van der Waals surface area contributed by atoms with Gasteiger partial charge < -0.3 is 5.32 Å². The number of rotatable bonds is 1. The van der Waals surface area contributed by atoms with Crippen LogP contribution in [0.3, 0.4) is 0 Å². The number of nitrogens with zero attached hydrogens (tertiary/aromatic N) is 2. The van der Waals surface area contributed by atoms with Gasteiger partial charge in [-0.25, -0.2) is 0 Å². The first kappa shape index (κ1) is 6.48. The minimum absolute atomic E-state index is 0.260. The fraction of sp³-hybridized carbons (Fsp3) is 1.00. The SMILES string of the molecule is C[C@H]1CNCCN1N=O. The molecule has 1 aliphatic heterocycles. The molecule has 0 saturated carbocycles. The Kier molecular flexibility index (Phi) is 2.00. The van der Waals surface area contributed by atoms with Crippen LogP contribution >= 0.6 is 0 Å². The quantitative estimate of drug-likeness (QED) is 0.505. The molecule has 1 saturated heterocycles. The van der Waals surface area contributed by atoms with Gasteiger partial charge in [-0.1, -0.05) is 0 Å². The van der Waals surface area contributed by atoms with Crippen molar-refractivity contribution >= 4 is 0 Å². The van der Waals surface area contributed by atoms with Crippen LogP contribution in [-0.2, 0) is 0 Å². The highest BCUT2D eigenvalue weighted by Crippen LogP contribution is 2.00. The summed E-state index contributed by atoms with van der Waals surface area (Å²) >= 11 is 0. The van der Waals surface area contributed by atoms with Gasteiger partial charge in [-0.2, -0.15) is 0 Å². The third kappa shape index (κ3) is 1.38. The van der Waals surface area contributed by atoms with E-state index in [1.165, 1.54) is 0 Å². The van der Waals surface area contributed by atoms with Gasteiger partial charge in [0.1, 0.15) is 0 Å². The van der Waals surface area contributed by atoms with Crippen molar-refractivity contribution in [2.45, 2.75) is 13.0 Å². The number of nitrogens with one attached hydrogen (secondary N) is 1. The predicted octanol–water partition coefficient (Wildman–Crippen LogP) is -0.0385. The second-order valence-corrected chi connectivity index (χ2v) is 2.30. The van der Waals surface area contributed by atoms with Crippen molar-refractivity contribution in [1.82, 2.24) is 10.3 Å². The Morgan fingerprint density at radius 3 is 3.00 bits per heavy atom. The van der Waals surface area contributed by atoms with E-state index < -0.39 is 0 Å². The Morgan fingerprint density at radius 2 is 2.56 bits per heavy atom. The fourth-order valence-corrected chi connectivity index (χ4v) is 0.952. The van der Waals surface area contributed by atoms with Crippen LogP contribution in [0, 0.1) is 4.91 Å². The van der Waals surface area contributed by atoms with Crippen LogP contribution < -0.4 is 5.32 Å². The molecule has 4 heteroatoms. The third-order valence-electron chi connectivity index (χ3n) is 1.57. The molecule has 0 aromatic rings. The zero-order valence-electron chi connectivity index (χ0n) is 5.50. The molecule has 1 aliphatic rings. The average Bonchev–Trinajstić information content (AvgIpc) is 1.89. The van der Waals surface area contributed by atoms with Crippen molar-refractivity contribution in [3.05, 3.63) is 4.91 Å². The summed E-state index contributed by atoms with van der Waals surface area (Å²) in [6.07, 6.45) is 0. The van der Waals surface area contributed by atoms with E-state index in [1.807, 2.05) is 6.92 Å². The predicted molar refractivity (Wildman–Crippen MR) is 34.8 cm³/mol. The number of hydrogen-bond acceptors (Lipinski definition) is 3. The zero-order chi connectivity index (χ0) is 6.69. The smallest absolute Gasteiger partial charge is 0.0599 e. The van der Waals surface area contributed by atoms with Crippen molar-refractivity contribution in [2.75, 3.05) is 19.6 Å². The van der Waals surface area contributed by atoms with Crippen molar-refractivity contribution in [3.8, 4) is 0 Å². The van der Waals surface area contributed by atoms with E-state index >= 15 is 0 Å². The lowest BCUT2D eigenvalue weighted by atomic mass is 10.3. The molecule has 1 fully saturated rings. The largest absolute Gasteiger partial charge is 0.313 e. The number of nitroso groups, excluding NO2 is 1. The molecule has 1 rings (SSSR count). The minimum Gasteiger partial charge on any atom is -0.313 e. The van der Waals surface area contributed by atoms with Crippen molar-refractivity contribution in [3.63, 3.8) is 0 Å². The molecule has 1 atom stereocenters. The highest BCUT2D eigenvalue weighted by Gasteiger charge is 2.15. The van der Waals surface area contributed by atoms with Crippen LogP contribution in [0.25, 0.3) is 0 Å². The first-order chi connectivity index (χ1) is 4.34. The maximum absolute atomic E-state index is 10.0. The molecule has 0 radical (unpaired) electrons. The van der Waals surface area contributed by atoms with E-state index in [-0.39, 0.29) is 6.04 Å². The van der Waals surface area contributed by atoms with Gasteiger partial charge in [-0.05, 0) is 6.92 Å². The van der Waals surface area contributed by atoms with Gasteiger partial charge in [0.25, 0.3) is 0 Å². The van der Waals surface area contributed by atoms with Crippen LogP contribution in [0.2, 0.25) is 0 Å². The van der Waals surface area contributed by atoms with E-state index in [1.54, 1.807) is 5.01 Å². The summed E-state index contributed by atoms with van der Waals surface area (Å²) in [5.41, 5.74) is 0. The van der Waals surface area contributed by atoms with Crippen LogP contribution in [-0.4, -0.2) is 30.7 Å². The van der Waals surface area contributed by atoms with Gasteiger partial charge in [0.2, 0.25) is 0 Å². The van der Waals surface area contributed by atoms with Crippen LogP contribution in [0.4, 0.5) is 0 Å². The van der Waals surface area contributed by atoms with Crippen molar-refractivity contribution < 1.29 is 0 Å². The molecule has 0 aliphatic carbocycles. The number of hydrogen-bond donors (Lipinski definition) is 1. The average molecular weight is 129 g/mol. The molecule has 0 aromatic heterocycles. The van der Waals surface area contributed by atoms with E-state index in [9.17, 15) is 4.91 Å². The van der Waals surface area contributed by atoms with Crippen LogP contribution in [0.1, 0.15) is 6.92 Å². The summed E-state index contributed by atoms with van der Waals surface area (Å²) in [5, 5.41) is 7.60. The lowest BCUT2D eigenvalue weighted by Crippen LogP contribution is -2.46. The Balaban J connectivity index is 2.38. The summed E-state index contributed by atoms with van der Waals surface area (Å²) in [6.45, 7) is 4.46. The van der Waals surface area contributed by atoms with E-state index in [2.05, 4.69) is 10.6 Å². The van der Waals surface area contributed by atoms with Gasteiger partial charge >= 0.3 is 0 Å². The molecule has 1 N–H and O–H groups in total.